The molecule has 4 rings (SSSR count). The molecule has 0 aromatic carbocycles. The van der Waals surface area contributed by atoms with Gasteiger partial charge in [-0.2, -0.15) is 4.98 Å². The second-order valence-electron chi connectivity index (χ2n) is 6.43. The van der Waals surface area contributed by atoms with Crippen molar-refractivity contribution in [3.05, 3.63) is 38.7 Å². The van der Waals surface area contributed by atoms with Gasteiger partial charge in [-0.15, -0.1) is 0 Å². The quantitative estimate of drug-likeness (QED) is 0.457. The summed E-state index contributed by atoms with van der Waals surface area (Å²) in [7, 11) is 0. The summed E-state index contributed by atoms with van der Waals surface area (Å²) in [4.78, 5) is 46.2. The summed E-state index contributed by atoms with van der Waals surface area (Å²) in [6.07, 6.45) is 2.55. The molecular formula is C16H16N6O6S2. The van der Waals surface area contributed by atoms with Crippen LogP contribution in [0, 0.1) is 0 Å². The Bertz CT molecular complexity index is 1220. The molecule has 1 aliphatic rings. The highest BCUT2D eigenvalue weighted by atomic mass is 32.1. The summed E-state index contributed by atoms with van der Waals surface area (Å²) in [5, 5.41) is 12.2. The Morgan fingerprint density at radius 2 is 2.33 bits per heavy atom. The van der Waals surface area contributed by atoms with Gasteiger partial charge in [-0.1, -0.05) is 11.3 Å². The number of amides is 1. The van der Waals surface area contributed by atoms with E-state index < -0.39 is 34.8 Å². The molecule has 12 nitrogen and oxygen atoms in total. The number of anilines is 1. The van der Waals surface area contributed by atoms with Gasteiger partial charge in [-0.05, 0) is 12.2 Å². The zero-order valence-electron chi connectivity index (χ0n) is 15.5. The number of hydrogen-bond acceptors (Lipinski definition) is 10. The summed E-state index contributed by atoms with van der Waals surface area (Å²) < 4.78 is 14.4. The minimum absolute atomic E-state index is 0.0667. The SMILES string of the molecule is CC(=O)Nc1nc2c(sc(=O)n2C2C[C@H](OC(=S)n3ccnc3)C(CO)O2)c(=O)[nH]1. The Morgan fingerprint density at radius 1 is 1.53 bits per heavy atom. The molecule has 0 spiro atoms. The molecular weight excluding hydrogens is 436 g/mol. The number of nitrogens with one attached hydrogen (secondary N) is 2. The van der Waals surface area contributed by atoms with Crippen LogP contribution in [0.4, 0.5) is 5.95 Å². The average Bonchev–Trinajstić information content (AvgIpc) is 3.39. The topological polar surface area (TPSA) is 153 Å². The second kappa shape index (κ2) is 8.06. The van der Waals surface area contributed by atoms with Crippen LogP contribution in [0.2, 0.25) is 0 Å². The number of thiocarbonyl (C=S) groups is 1. The van der Waals surface area contributed by atoms with Crippen LogP contribution >= 0.6 is 23.6 Å². The van der Waals surface area contributed by atoms with Crippen LogP contribution in [-0.2, 0) is 14.3 Å². The lowest BCUT2D eigenvalue weighted by atomic mass is 10.2. The minimum atomic E-state index is -0.849. The van der Waals surface area contributed by atoms with Crippen molar-refractivity contribution in [3.63, 3.8) is 0 Å². The average molecular weight is 452 g/mol. The van der Waals surface area contributed by atoms with Crippen LogP contribution in [0.3, 0.4) is 0 Å². The standard InChI is InChI=1S/C16H16N6O6S2/c1-7(24)18-14-19-12-11(13(25)20-14)30-15(26)22(12)10-4-8(9(5-23)27-10)28-16(29)21-3-2-17-6-21/h2-3,6,8-10,23H,4-5H2,1H3,(H2,18,19,20,24,25)/t8-,9?,10?/m0/s1. The van der Waals surface area contributed by atoms with E-state index in [-0.39, 0.29) is 34.5 Å². The number of imidazole rings is 1. The van der Waals surface area contributed by atoms with Crippen molar-refractivity contribution in [2.45, 2.75) is 31.8 Å². The molecule has 1 aliphatic heterocycles. The number of aromatic amines is 1. The van der Waals surface area contributed by atoms with Gasteiger partial charge in [-0.25, -0.2) is 4.98 Å². The molecule has 3 aromatic rings. The molecule has 3 aromatic heterocycles. The summed E-state index contributed by atoms with van der Waals surface area (Å²) in [6.45, 7) is 0.900. The maximum atomic E-state index is 12.6. The monoisotopic (exact) mass is 452 g/mol. The van der Waals surface area contributed by atoms with E-state index in [1.807, 2.05) is 0 Å². The van der Waals surface area contributed by atoms with Gasteiger partial charge in [0, 0.05) is 25.7 Å². The first-order chi connectivity index (χ1) is 14.4. The van der Waals surface area contributed by atoms with Gasteiger partial charge in [0.2, 0.25) is 11.9 Å². The van der Waals surface area contributed by atoms with E-state index in [1.54, 1.807) is 12.4 Å². The maximum Gasteiger partial charge on any atom is 0.311 e. The molecule has 14 heteroatoms. The fourth-order valence-corrected chi connectivity index (χ4v) is 4.20. The molecule has 3 N–H and O–H groups in total. The second-order valence-corrected chi connectivity index (χ2v) is 7.74. The van der Waals surface area contributed by atoms with Crippen LogP contribution in [-0.4, -0.2) is 59.1 Å². The van der Waals surface area contributed by atoms with E-state index in [0.29, 0.717) is 11.3 Å². The summed E-state index contributed by atoms with van der Waals surface area (Å²) >= 11 is 5.94. The molecule has 0 bridgehead atoms. The first-order valence-electron chi connectivity index (χ1n) is 8.75. The van der Waals surface area contributed by atoms with E-state index in [4.69, 9.17) is 21.7 Å². The predicted octanol–water partition coefficient (Wildman–Crippen LogP) is -0.201. The zero-order valence-corrected chi connectivity index (χ0v) is 17.1. The Balaban J connectivity index is 1.66. The molecule has 158 valence electrons. The number of rotatable bonds is 4. The van der Waals surface area contributed by atoms with Gasteiger partial charge in [0.15, 0.2) is 5.65 Å². The van der Waals surface area contributed by atoms with Crippen molar-refractivity contribution in [2.24, 2.45) is 0 Å². The Kier molecular flexibility index (Phi) is 5.46. The lowest BCUT2D eigenvalue weighted by Crippen LogP contribution is -2.31. The molecule has 0 saturated carbocycles. The number of aliphatic hydroxyl groups is 1. The number of thiazole rings is 1. The largest absolute Gasteiger partial charge is 0.464 e. The van der Waals surface area contributed by atoms with Crippen molar-refractivity contribution in [2.75, 3.05) is 11.9 Å². The molecule has 1 fully saturated rings. The number of aromatic nitrogens is 5. The fourth-order valence-electron chi connectivity index (χ4n) is 3.11. The van der Waals surface area contributed by atoms with Gasteiger partial charge in [0.05, 0.1) is 6.61 Å². The first-order valence-corrected chi connectivity index (χ1v) is 9.98. The van der Waals surface area contributed by atoms with Crippen LogP contribution < -0.4 is 15.7 Å². The van der Waals surface area contributed by atoms with Gasteiger partial charge in [0.25, 0.3) is 10.7 Å². The van der Waals surface area contributed by atoms with E-state index >= 15 is 0 Å². The molecule has 1 saturated heterocycles. The van der Waals surface area contributed by atoms with Crippen molar-refractivity contribution >= 4 is 50.9 Å². The minimum Gasteiger partial charge on any atom is -0.464 e. The Hall–Kier alpha value is -2.94. The highest BCUT2D eigenvalue weighted by Crippen LogP contribution is 2.32. The smallest absolute Gasteiger partial charge is 0.311 e. The highest BCUT2D eigenvalue weighted by Gasteiger charge is 2.40. The summed E-state index contributed by atoms with van der Waals surface area (Å²) in [5.41, 5.74) is -0.493. The van der Waals surface area contributed by atoms with E-state index in [9.17, 15) is 19.5 Å². The van der Waals surface area contributed by atoms with Crippen molar-refractivity contribution in [1.82, 2.24) is 24.1 Å². The number of aliphatic hydroxyl groups excluding tert-OH is 1. The number of H-pyrrole nitrogens is 1. The van der Waals surface area contributed by atoms with Gasteiger partial charge >= 0.3 is 4.87 Å². The number of nitrogens with zero attached hydrogens (tertiary/aromatic N) is 4. The number of fused-ring (bicyclic) bond motifs is 1. The first kappa shape index (κ1) is 20.3. The lowest BCUT2D eigenvalue weighted by molar-refractivity contribution is -0.114. The molecule has 4 heterocycles. The molecule has 0 aliphatic carbocycles. The molecule has 2 unspecified atom stereocenters. The van der Waals surface area contributed by atoms with E-state index in [2.05, 4.69) is 20.3 Å². The number of carbonyl (C=O) groups excluding carboxylic acids is 1. The number of carbonyl (C=O) groups is 1. The summed E-state index contributed by atoms with van der Waals surface area (Å²) in [5.74, 6) is -0.516. The molecule has 1 amide bonds. The third-order valence-corrected chi connectivity index (χ3v) is 5.63. The molecule has 3 atom stereocenters. The maximum absolute atomic E-state index is 12.6. The molecule has 30 heavy (non-hydrogen) atoms. The third kappa shape index (κ3) is 3.77. The highest BCUT2D eigenvalue weighted by molar-refractivity contribution is 7.80. The Morgan fingerprint density at radius 3 is 3.00 bits per heavy atom. The van der Waals surface area contributed by atoms with Crippen LogP contribution in [0.15, 0.2) is 28.3 Å². The van der Waals surface area contributed by atoms with Crippen molar-refractivity contribution in [1.29, 1.82) is 0 Å². The van der Waals surface area contributed by atoms with Gasteiger partial charge in [0.1, 0.15) is 29.5 Å². The van der Waals surface area contributed by atoms with Crippen molar-refractivity contribution in [3.8, 4) is 0 Å². The van der Waals surface area contributed by atoms with Crippen LogP contribution in [0.1, 0.15) is 19.6 Å². The summed E-state index contributed by atoms with van der Waals surface area (Å²) in [6, 6.07) is 0. The predicted molar refractivity (Wildman–Crippen MR) is 110 cm³/mol. The van der Waals surface area contributed by atoms with Crippen molar-refractivity contribution < 1.29 is 19.4 Å². The Labute approximate surface area is 177 Å². The van der Waals surface area contributed by atoms with E-state index in [0.717, 1.165) is 0 Å². The van der Waals surface area contributed by atoms with Gasteiger partial charge in [-0.3, -0.25) is 33.8 Å². The number of hydrogen-bond donors (Lipinski definition) is 3. The lowest BCUT2D eigenvalue weighted by Gasteiger charge is -2.18. The zero-order chi connectivity index (χ0) is 21.4. The fraction of sp³-hybridized carbons (Fsp3) is 0.375. The van der Waals surface area contributed by atoms with Crippen LogP contribution in [0.25, 0.3) is 10.3 Å². The van der Waals surface area contributed by atoms with E-state index in [1.165, 1.54) is 22.4 Å². The number of ether oxygens (including phenoxy) is 2. The van der Waals surface area contributed by atoms with Crippen LogP contribution in [0.5, 0.6) is 0 Å². The van der Waals surface area contributed by atoms with Gasteiger partial charge < -0.3 is 14.6 Å². The molecule has 0 radical (unpaired) electrons. The third-order valence-electron chi connectivity index (χ3n) is 4.38. The normalized spacial score (nSPS) is 21.1.